The molecule has 0 aliphatic carbocycles. The molecule has 0 radical (unpaired) electrons. The fourth-order valence-corrected chi connectivity index (χ4v) is 2.42. The average molecular weight is 366 g/mol. The van der Waals surface area contributed by atoms with Crippen LogP contribution in [0.1, 0.15) is 37.8 Å². The molecule has 140 valence electrons. The average Bonchev–Trinajstić information content (AvgIpc) is 2.60. The van der Waals surface area contributed by atoms with Gasteiger partial charge in [0, 0.05) is 24.2 Å². The van der Waals surface area contributed by atoms with Gasteiger partial charge in [0.25, 0.3) is 0 Å². The normalized spacial score (nSPS) is 12.5. The lowest BCUT2D eigenvalue weighted by Gasteiger charge is -2.14. The van der Waals surface area contributed by atoms with Crippen LogP contribution in [0.25, 0.3) is 0 Å². The number of rotatable bonds is 7. The third-order valence-electron chi connectivity index (χ3n) is 3.85. The SMILES string of the molecule is CCC[C@@H](C)C(=O)NCc1cccnc1Oc1cccc(C(F)(F)F)c1. The highest BCUT2D eigenvalue weighted by Crippen LogP contribution is 2.32. The first kappa shape index (κ1) is 19.8. The van der Waals surface area contributed by atoms with Crippen LogP contribution in [0.2, 0.25) is 0 Å². The van der Waals surface area contributed by atoms with E-state index in [2.05, 4.69) is 10.3 Å². The van der Waals surface area contributed by atoms with Crippen molar-refractivity contribution >= 4 is 5.91 Å². The number of amides is 1. The minimum atomic E-state index is -4.45. The van der Waals surface area contributed by atoms with Crippen LogP contribution in [0.3, 0.4) is 0 Å². The largest absolute Gasteiger partial charge is 0.439 e. The second-order valence-corrected chi connectivity index (χ2v) is 6.00. The van der Waals surface area contributed by atoms with E-state index >= 15 is 0 Å². The van der Waals surface area contributed by atoms with Crippen molar-refractivity contribution in [1.82, 2.24) is 10.3 Å². The maximum atomic E-state index is 12.8. The van der Waals surface area contributed by atoms with Crippen molar-refractivity contribution in [2.45, 2.75) is 39.4 Å². The van der Waals surface area contributed by atoms with Crippen LogP contribution in [0, 0.1) is 5.92 Å². The number of hydrogen-bond donors (Lipinski definition) is 1. The minimum absolute atomic E-state index is 0.0328. The molecule has 1 amide bonds. The molecular formula is C19H21F3N2O2. The number of carbonyl (C=O) groups is 1. The Kier molecular flexibility index (Phi) is 6.60. The highest BCUT2D eigenvalue weighted by Gasteiger charge is 2.30. The number of carbonyl (C=O) groups excluding carboxylic acids is 1. The first-order valence-corrected chi connectivity index (χ1v) is 8.38. The number of ether oxygens (including phenoxy) is 1. The van der Waals surface area contributed by atoms with E-state index in [-0.39, 0.29) is 30.0 Å². The van der Waals surface area contributed by atoms with Crippen molar-refractivity contribution in [3.05, 3.63) is 53.7 Å². The summed E-state index contributed by atoms with van der Waals surface area (Å²) in [7, 11) is 0. The predicted molar refractivity (Wildman–Crippen MR) is 91.7 cm³/mol. The van der Waals surface area contributed by atoms with Crippen molar-refractivity contribution in [2.24, 2.45) is 5.92 Å². The van der Waals surface area contributed by atoms with E-state index in [1.165, 1.54) is 18.3 Å². The van der Waals surface area contributed by atoms with Gasteiger partial charge < -0.3 is 10.1 Å². The molecule has 4 nitrogen and oxygen atoms in total. The molecule has 1 N–H and O–H groups in total. The van der Waals surface area contributed by atoms with Gasteiger partial charge >= 0.3 is 6.18 Å². The monoisotopic (exact) mass is 366 g/mol. The van der Waals surface area contributed by atoms with E-state index in [9.17, 15) is 18.0 Å². The highest BCUT2D eigenvalue weighted by atomic mass is 19.4. The van der Waals surface area contributed by atoms with Crippen molar-refractivity contribution in [2.75, 3.05) is 0 Å². The van der Waals surface area contributed by atoms with Crippen LogP contribution < -0.4 is 10.1 Å². The molecule has 0 spiro atoms. The molecule has 0 fully saturated rings. The summed E-state index contributed by atoms with van der Waals surface area (Å²) in [6, 6.07) is 7.98. The van der Waals surface area contributed by atoms with Gasteiger partial charge in [-0.05, 0) is 30.7 Å². The Labute approximate surface area is 150 Å². The molecular weight excluding hydrogens is 345 g/mol. The van der Waals surface area contributed by atoms with Gasteiger partial charge in [-0.3, -0.25) is 4.79 Å². The smallest absolute Gasteiger partial charge is 0.416 e. The zero-order valence-electron chi connectivity index (χ0n) is 14.6. The van der Waals surface area contributed by atoms with Gasteiger partial charge in [-0.1, -0.05) is 32.4 Å². The number of aromatic nitrogens is 1. The van der Waals surface area contributed by atoms with Gasteiger partial charge in [0.2, 0.25) is 11.8 Å². The van der Waals surface area contributed by atoms with Crippen molar-refractivity contribution < 1.29 is 22.7 Å². The number of nitrogens with zero attached hydrogens (tertiary/aromatic N) is 1. The molecule has 1 atom stereocenters. The van der Waals surface area contributed by atoms with E-state index in [0.717, 1.165) is 25.0 Å². The Morgan fingerprint density at radius 1 is 1.27 bits per heavy atom. The summed E-state index contributed by atoms with van der Waals surface area (Å²) in [5, 5.41) is 2.81. The van der Waals surface area contributed by atoms with Crippen LogP contribution >= 0.6 is 0 Å². The number of nitrogens with one attached hydrogen (secondary N) is 1. The fraction of sp³-hybridized carbons (Fsp3) is 0.368. The van der Waals surface area contributed by atoms with E-state index in [4.69, 9.17) is 4.74 Å². The lowest BCUT2D eigenvalue weighted by atomic mass is 10.1. The Balaban J connectivity index is 2.11. The van der Waals surface area contributed by atoms with Gasteiger partial charge in [-0.25, -0.2) is 4.98 Å². The number of alkyl halides is 3. The summed E-state index contributed by atoms with van der Waals surface area (Å²) in [4.78, 5) is 16.1. The Morgan fingerprint density at radius 3 is 2.73 bits per heavy atom. The summed E-state index contributed by atoms with van der Waals surface area (Å²) in [6.07, 6.45) is -1.28. The van der Waals surface area contributed by atoms with Gasteiger partial charge in [-0.15, -0.1) is 0 Å². The highest BCUT2D eigenvalue weighted by molar-refractivity contribution is 5.78. The quantitative estimate of drug-likeness (QED) is 0.755. The Morgan fingerprint density at radius 2 is 2.04 bits per heavy atom. The van der Waals surface area contributed by atoms with Gasteiger partial charge in [0.15, 0.2) is 0 Å². The molecule has 0 aliphatic heterocycles. The zero-order chi connectivity index (χ0) is 19.2. The lowest BCUT2D eigenvalue weighted by molar-refractivity contribution is -0.137. The molecule has 0 unspecified atom stereocenters. The Hall–Kier alpha value is -2.57. The maximum absolute atomic E-state index is 12.8. The molecule has 7 heteroatoms. The second-order valence-electron chi connectivity index (χ2n) is 6.00. The molecule has 26 heavy (non-hydrogen) atoms. The van der Waals surface area contributed by atoms with Crippen LogP contribution in [0.15, 0.2) is 42.6 Å². The molecule has 0 bridgehead atoms. The number of hydrogen-bond acceptors (Lipinski definition) is 3. The van der Waals surface area contributed by atoms with Crippen molar-refractivity contribution in [3.63, 3.8) is 0 Å². The van der Waals surface area contributed by atoms with Crippen LogP contribution in [0.5, 0.6) is 11.6 Å². The van der Waals surface area contributed by atoms with Crippen LogP contribution in [-0.4, -0.2) is 10.9 Å². The van der Waals surface area contributed by atoms with E-state index in [0.29, 0.717) is 5.56 Å². The van der Waals surface area contributed by atoms with Crippen LogP contribution in [-0.2, 0) is 17.5 Å². The minimum Gasteiger partial charge on any atom is -0.439 e. The maximum Gasteiger partial charge on any atom is 0.416 e. The zero-order valence-corrected chi connectivity index (χ0v) is 14.6. The fourth-order valence-electron chi connectivity index (χ4n) is 2.42. The summed E-state index contributed by atoms with van der Waals surface area (Å²) >= 11 is 0. The third kappa shape index (κ3) is 5.47. The molecule has 0 saturated heterocycles. The van der Waals surface area contributed by atoms with E-state index < -0.39 is 11.7 Å². The summed E-state index contributed by atoms with van der Waals surface area (Å²) in [6.45, 7) is 4.04. The molecule has 0 saturated carbocycles. The lowest BCUT2D eigenvalue weighted by Crippen LogP contribution is -2.28. The molecule has 1 heterocycles. The number of halogens is 3. The number of benzene rings is 1. The van der Waals surface area contributed by atoms with Crippen LogP contribution in [0.4, 0.5) is 13.2 Å². The first-order valence-electron chi connectivity index (χ1n) is 8.38. The predicted octanol–water partition coefficient (Wildman–Crippen LogP) is 4.95. The third-order valence-corrected chi connectivity index (χ3v) is 3.85. The molecule has 2 aromatic rings. The van der Waals surface area contributed by atoms with Gasteiger partial charge in [-0.2, -0.15) is 13.2 Å². The Bertz CT molecular complexity index is 748. The van der Waals surface area contributed by atoms with E-state index in [1.54, 1.807) is 12.1 Å². The number of pyridine rings is 1. The molecule has 1 aromatic carbocycles. The summed E-state index contributed by atoms with van der Waals surface area (Å²) in [5.74, 6) is 0.00551. The second kappa shape index (κ2) is 8.69. The molecule has 1 aromatic heterocycles. The van der Waals surface area contributed by atoms with Crippen molar-refractivity contribution in [1.29, 1.82) is 0 Å². The first-order chi connectivity index (χ1) is 12.3. The standard InChI is InChI=1S/C19H21F3N2O2/c1-3-6-13(2)17(25)24-12-14-7-5-10-23-18(14)26-16-9-4-8-15(11-16)19(20,21)22/h4-5,7-11,13H,3,6,12H2,1-2H3,(H,24,25)/t13-/m1/s1. The topological polar surface area (TPSA) is 51.2 Å². The molecule has 2 rings (SSSR count). The van der Waals surface area contributed by atoms with E-state index in [1.807, 2.05) is 13.8 Å². The summed E-state index contributed by atoms with van der Waals surface area (Å²) in [5.41, 5.74) is -0.212. The van der Waals surface area contributed by atoms with Gasteiger partial charge in [0.1, 0.15) is 5.75 Å². The van der Waals surface area contributed by atoms with Gasteiger partial charge in [0.05, 0.1) is 5.56 Å². The molecule has 0 aliphatic rings. The van der Waals surface area contributed by atoms with Crippen molar-refractivity contribution in [3.8, 4) is 11.6 Å². The summed E-state index contributed by atoms with van der Waals surface area (Å²) < 4.78 is 44.0.